The van der Waals surface area contributed by atoms with Crippen LogP contribution in [0, 0.1) is 11.6 Å². The number of rotatable bonds is 2. The molecule has 2 aromatic rings. The minimum atomic E-state index is -0.890. The fraction of sp³-hybridized carbons (Fsp3) is 0. The second-order valence-electron chi connectivity index (χ2n) is 3.64. The molecule has 1 aromatic carbocycles. The normalized spacial score (nSPS) is 10.3. The average Bonchev–Trinajstić information content (AvgIpc) is 2.36. The van der Waals surface area contributed by atoms with Crippen molar-refractivity contribution < 1.29 is 13.6 Å². The van der Waals surface area contributed by atoms with Gasteiger partial charge in [-0.15, -0.1) is 0 Å². The Morgan fingerprint density at radius 1 is 1.21 bits per heavy atom. The van der Waals surface area contributed by atoms with Gasteiger partial charge in [0, 0.05) is 18.3 Å². The molecule has 98 valence electrons. The van der Waals surface area contributed by atoms with Gasteiger partial charge in [0.2, 0.25) is 5.56 Å². The van der Waals surface area contributed by atoms with Crippen LogP contribution in [0.3, 0.4) is 0 Å². The third kappa shape index (κ3) is 3.05. The Morgan fingerprint density at radius 2 is 1.95 bits per heavy atom. The van der Waals surface area contributed by atoms with Crippen LogP contribution in [0.15, 0.2) is 39.7 Å². The summed E-state index contributed by atoms with van der Waals surface area (Å²) >= 11 is 2.90. The predicted molar refractivity (Wildman–Crippen MR) is 69.1 cm³/mol. The Morgan fingerprint density at radius 3 is 2.58 bits per heavy atom. The fourth-order valence-corrected chi connectivity index (χ4v) is 1.71. The number of halogens is 3. The number of pyridine rings is 1. The summed E-state index contributed by atoms with van der Waals surface area (Å²) < 4.78 is 26.5. The number of hydrogen-bond donors (Lipinski definition) is 2. The number of aromatic amines is 1. The van der Waals surface area contributed by atoms with E-state index in [4.69, 9.17) is 0 Å². The zero-order valence-corrected chi connectivity index (χ0v) is 10.9. The van der Waals surface area contributed by atoms with Gasteiger partial charge in [0.1, 0.15) is 11.6 Å². The monoisotopic (exact) mass is 328 g/mol. The van der Waals surface area contributed by atoms with Crippen molar-refractivity contribution in [3.8, 4) is 0 Å². The van der Waals surface area contributed by atoms with Gasteiger partial charge < -0.3 is 10.3 Å². The van der Waals surface area contributed by atoms with Gasteiger partial charge in [-0.25, -0.2) is 8.78 Å². The predicted octanol–water partition coefficient (Wildman–Crippen LogP) is 2.67. The maximum absolute atomic E-state index is 13.4. The number of carbonyl (C=O) groups is 1. The van der Waals surface area contributed by atoms with Gasteiger partial charge in [-0.3, -0.25) is 9.59 Å². The van der Waals surface area contributed by atoms with Crippen LogP contribution in [-0.2, 0) is 0 Å². The zero-order chi connectivity index (χ0) is 14.0. The van der Waals surface area contributed by atoms with E-state index in [-0.39, 0.29) is 21.3 Å². The molecule has 1 aromatic heterocycles. The first-order valence-corrected chi connectivity index (χ1v) is 5.91. The first-order valence-electron chi connectivity index (χ1n) is 5.12. The summed E-state index contributed by atoms with van der Waals surface area (Å²) in [5.41, 5.74) is -0.365. The van der Waals surface area contributed by atoms with Crippen LogP contribution >= 0.6 is 15.9 Å². The Kier molecular flexibility index (Phi) is 3.75. The lowest BCUT2D eigenvalue weighted by atomic mass is 10.2. The SMILES string of the molecule is O=C(Nc1cc(Br)c(F)cc1F)c1ccc(=O)[nH]c1. The minimum absolute atomic E-state index is 0.0330. The van der Waals surface area contributed by atoms with Gasteiger partial charge in [0.15, 0.2) is 0 Å². The topological polar surface area (TPSA) is 62.0 Å². The van der Waals surface area contributed by atoms with E-state index in [0.29, 0.717) is 6.07 Å². The third-order valence-electron chi connectivity index (χ3n) is 2.30. The summed E-state index contributed by atoms with van der Waals surface area (Å²) in [5, 5.41) is 2.28. The van der Waals surface area contributed by atoms with Gasteiger partial charge in [-0.1, -0.05) is 0 Å². The molecule has 1 amide bonds. The highest BCUT2D eigenvalue weighted by molar-refractivity contribution is 9.10. The maximum atomic E-state index is 13.4. The lowest BCUT2D eigenvalue weighted by Crippen LogP contribution is -2.15. The van der Waals surface area contributed by atoms with Crippen molar-refractivity contribution in [1.82, 2.24) is 4.98 Å². The lowest BCUT2D eigenvalue weighted by Gasteiger charge is -2.07. The number of nitrogens with one attached hydrogen (secondary N) is 2. The number of H-pyrrole nitrogens is 1. The summed E-state index contributed by atoms with van der Waals surface area (Å²) in [6, 6.07) is 4.25. The van der Waals surface area contributed by atoms with Crippen LogP contribution < -0.4 is 10.9 Å². The minimum Gasteiger partial charge on any atom is -0.328 e. The Balaban J connectivity index is 2.26. The molecule has 2 N–H and O–H groups in total. The molecule has 0 aliphatic rings. The average molecular weight is 329 g/mol. The molecule has 2 rings (SSSR count). The number of hydrogen-bond acceptors (Lipinski definition) is 2. The number of carbonyl (C=O) groups excluding carboxylic acids is 1. The third-order valence-corrected chi connectivity index (χ3v) is 2.91. The Bertz CT molecular complexity index is 680. The Labute approximate surface area is 114 Å². The van der Waals surface area contributed by atoms with E-state index in [1.54, 1.807) is 0 Å². The van der Waals surface area contributed by atoms with Crippen molar-refractivity contribution >= 4 is 27.5 Å². The van der Waals surface area contributed by atoms with Gasteiger partial charge in [0.25, 0.3) is 5.91 Å². The molecule has 1 heterocycles. The molecule has 0 atom stereocenters. The molecule has 19 heavy (non-hydrogen) atoms. The summed E-state index contributed by atoms with van der Waals surface area (Å²) in [6.45, 7) is 0. The number of aromatic nitrogens is 1. The van der Waals surface area contributed by atoms with E-state index in [1.807, 2.05) is 0 Å². The van der Waals surface area contributed by atoms with E-state index >= 15 is 0 Å². The van der Waals surface area contributed by atoms with Crippen molar-refractivity contribution in [3.63, 3.8) is 0 Å². The largest absolute Gasteiger partial charge is 0.328 e. The molecule has 4 nitrogen and oxygen atoms in total. The number of amides is 1. The molecule has 0 unspecified atom stereocenters. The zero-order valence-electron chi connectivity index (χ0n) is 9.34. The summed E-state index contributed by atoms with van der Waals surface area (Å²) in [4.78, 5) is 24.9. The molecular weight excluding hydrogens is 322 g/mol. The van der Waals surface area contributed by atoms with Crippen molar-refractivity contribution in [3.05, 3.63) is 62.5 Å². The highest BCUT2D eigenvalue weighted by Gasteiger charge is 2.12. The van der Waals surface area contributed by atoms with Crippen LogP contribution in [0.4, 0.5) is 14.5 Å². The summed E-state index contributed by atoms with van der Waals surface area (Å²) in [7, 11) is 0. The van der Waals surface area contributed by atoms with Crippen LogP contribution in [0.2, 0.25) is 0 Å². The van der Waals surface area contributed by atoms with Gasteiger partial charge in [0.05, 0.1) is 15.7 Å². The molecule has 7 heteroatoms. The van der Waals surface area contributed by atoms with E-state index < -0.39 is 17.5 Å². The highest BCUT2D eigenvalue weighted by atomic mass is 79.9. The first kappa shape index (κ1) is 13.4. The van der Waals surface area contributed by atoms with Crippen molar-refractivity contribution in [2.24, 2.45) is 0 Å². The van der Waals surface area contributed by atoms with Crippen LogP contribution in [0.1, 0.15) is 10.4 Å². The van der Waals surface area contributed by atoms with Gasteiger partial charge >= 0.3 is 0 Å². The molecule has 0 radical (unpaired) electrons. The molecule has 0 bridgehead atoms. The molecule has 0 saturated carbocycles. The van der Waals surface area contributed by atoms with Crippen LogP contribution in [0.25, 0.3) is 0 Å². The smallest absolute Gasteiger partial charge is 0.257 e. The Hall–Kier alpha value is -2.02. The summed E-state index contributed by atoms with van der Waals surface area (Å²) in [5.74, 6) is -2.27. The quantitative estimate of drug-likeness (QED) is 0.832. The molecule has 0 spiro atoms. The van der Waals surface area contributed by atoms with E-state index in [0.717, 1.165) is 6.07 Å². The first-order chi connectivity index (χ1) is 8.97. The summed E-state index contributed by atoms with van der Waals surface area (Å²) in [6.07, 6.45) is 1.20. The standard InChI is InChI=1S/C12H7BrF2N2O2/c13-7-3-10(9(15)4-8(7)14)17-12(19)6-1-2-11(18)16-5-6/h1-5H,(H,16,18)(H,17,19). The van der Waals surface area contributed by atoms with Crippen molar-refractivity contribution in [2.75, 3.05) is 5.32 Å². The molecule has 0 aliphatic heterocycles. The molecule has 0 fully saturated rings. The second-order valence-corrected chi connectivity index (χ2v) is 4.50. The van der Waals surface area contributed by atoms with Crippen molar-refractivity contribution in [1.29, 1.82) is 0 Å². The van der Waals surface area contributed by atoms with E-state index in [1.165, 1.54) is 18.3 Å². The number of benzene rings is 1. The van der Waals surface area contributed by atoms with Gasteiger partial charge in [-0.05, 0) is 28.1 Å². The van der Waals surface area contributed by atoms with Crippen molar-refractivity contribution in [2.45, 2.75) is 0 Å². The highest BCUT2D eigenvalue weighted by Crippen LogP contribution is 2.23. The van der Waals surface area contributed by atoms with E-state index in [2.05, 4.69) is 26.2 Å². The van der Waals surface area contributed by atoms with Gasteiger partial charge in [-0.2, -0.15) is 0 Å². The van der Waals surface area contributed by atoms with E-state index in [9.17, 15) is 18.4 Å². The number of anilines is 1. The maximum Gasteiger partial charge on any atom is 0.257 e. The molecule has 0 saturated heterocycles. The van der Waals surface area contributed by atoms with Crippen LogP contribution in [0.5, 0.6) is 0 Å². The lowest BCUT2D eigenvalue weighted by molar-refractivity contribution is 0.102. The van der Waals surface area contributed by atoms with Crippen LogP contribution in [-0.4, -0.2) is 10.9 Å². The second kappa shape index (κ2) is 5.31. The molecular formula is C12H7BrF2N2O2. The fourth-order valence-electron chi connectivity index (χ4n) is 1.36. The molecule has 0 aliphatic carbocycles.